The van der Waals surface area contributed by atoms with E-state index in [4.69, 9.17) is 5.14 Å². The number of nitrogens with zero attached hydrogens (tertiary/aromatic N) is 1. The number of aromatic amines is 1. The van der Waals surface area contributed by atoms with Gasteiger partial charge in [0, 0.05) is 6.42 Å². The van der Waals surface area contributed by atoms with E-state index in [1.165, 1.54) is 18.5 Å². The van der Waals surface area contributed by atoms with Crippen molar-refractivity contribution in [2.24, 2.45) is 5.14 Å². The number of carbonyl (C=O) groups is 1. The van der Waals surface area contributed by atoms with Crippen LogP contribution < -0.4 is 10.7 Å². The zero-order valence-corrected chi connectivity index (χ0v) is 13.4. The zero-order chi connectivity index (χ0) is 17.6. The molecule has 0 fully saturated rings. The van der Waals surface area contributed by atoms with Crippen molar-refractivity contribution in [3.05, 3.63) is 70.8 Å². The summed E-state index contributed by atoms with van der Waals surface area (Å²) in [6.07, 6.45) is 2.45. The van der Waals surface area contributed by atoms with E-state index in [0.29, 0.717) is 5.39 Å². The van der Waals surface area contributed by atoms with Crippen LogP contribution in [0.2, 0.25) is 0 Å². The number of carbonyl (C=O) groups excluding carboxylic acids is 1. The molecule has 124 valence electrons. The Morgan fingerprint density at radius 2 is 1.75 bits per heavy atom. The number of aldehydes is 1. The molecule has 8 heteroatoms. The van der Waals surface area contributed by atoms with Gasteiger partial charge >= 0.3 is 0 Å². The Morgan fingerprint density at radius 1 is 1.08 bits per heavy atom. The molecule has 0 aliphatic rings. The van der Waals surface area contributed by atoms with E-state index in [1.54, 1.807) is 18.2 Å². The number of primary sulfonamides is 1. The molecule has 3 N–H and O–H groups in total. The topological polar surface area (TPSA) is 123 Å². The molecule has 0 bridgehead atoms. The van der Waals surface area contributed by atoms with Gasteiger partial charge in [0.1, 0.15) is 6.29 Å². The average Bonchev–Trinajstić information content (AvgIpc) is 2.56. The second kappa shape index (κ2) is 7.62. The number of rotatable bonds is 3. The molecule has 1 heterocycles. The number of benzene rings is 2. The zero-order valence-electron chi connectivity index (χ0n) is 12.5. The fourth-order valence-corrected chi connectivity index (χ4v) is 2.44. The third-order valence-electron chi connectivity index (χ3n) is 3.12. The Labute approximate surface area is 138 Å². The molecular weight excluding hydrogens is 330 g/mol. The first-order valence-electron chi connectivity index (χ1n) is 6.89. The fourth-order valence-electron chi connectivity index (χ4n) is 1.93. The first-order valence-corrected chi connectivity index (χ1v) is 8.44. The van der Waals surface area contributed by atoms with E-state index in [1.807, 2.05) is 18.2 Å². The highest BCUT2D eigenvalue weighted by molar-refractivity contribution is 7.89. The predicted molar refractivity (Wildman–Crippen MR) is 89.9 cm³/mol. The lowest BCUT2D eigenvalue weighted by Gasteiger charge is -1.98. The third kappa shape index (κ3) is 4.58. The van der Waals surface area contributed by atoms with E-state index >= 15 is 0 Å². The number of nitrogens with one attached hydrogen (secondary N) is 1. The lowest BCUT2D eigenvalue weighted by molar-refractivity contribution is -0.107. The van der Waals surface area contributed by atoms with Gasteiger partial charge in [-0.25, -0.2) is 18.5 Å². The smallest absolute Gasteiger partial charge is 0.258 e. The highest BCUT2D eigenvalue weighted by Gasteiger charge is 2.05. The number of sulfonamides is 1. The van der Waals surface area contributed by atoms with Crippen molar-refractivity contribution in [2.75, 3.05) is 0 Å². The molecule has 0 aliphatic heterocycles. The molecular formula is C16H15N3O4S. The summed E-state index contributed by atoms with van der Waals surface area (Å²) in [6, 6.07) is 13.1. The molecule has 0 spiro atoms. The van der Waals surface area contributed by atoms with Crippen molar-refractivity contribution in [1.82, 2.24) is 9.97 Å². The summed E-state index contributed by atoms with van der Waals surface area (Å²) in [7, 11) is -3.62. The van der Waals surface area contributed by atoms with Crippen LogP contribution in [0.5, 0.6) is 0 Å². The summed E-state index contributed by atoms with van der Waals surface area (Å²) in [5, 5.41) is 5.52. The first kappa shape index (κ1) is 17.5. The van der Waals surface area contributed by atoms with Crippen LogP contribution in [0.4, 0.5) is 0 Å². The second-order valence-corrected chi connectivity index (χ2v) is 6.37. The minimum Gasteiger partial charge on any atom is -0.313 e. The largest absolute Gasteiger partial charge is 0.313 e. The van der Waals surface area contributed by atoms with Crippen molar-refractivity contribution >= 4 is 27.2 Å². The van der Waals surface area contributed by atoms with Gasteiger partial charge in [-0.1, -0.05) is 24.3 Å². The third-order valence-corrected chi connectivity index (χ3v) is 4.05. The molecule has 0 saturated heterocycles. The molecule has 0 aliphatic carbocycles. The number of aromatic nitrogens is 2. The molecule has 1 aromatic heterocycles. The van der Waals surface area contributed by atoms with Gasteiger partial charge in [-0.3, -0.25) is 4.79 Å². The van der Waals surface area contributed by atoms with Gasteiger partial charge in [0.25, 0.3) is 5.56 Å². The van der Waals surface area contributed by atoms with Crippen molar-refractivity contribution in [2.45, 2.75) is 11.3 Å². The summed E-state index contributed by atoms with van der Waals surface area (Å²) in [6.45, 7) is 0. The number of para-hydroxylation sites is 1. The van der Waals surface area contributed by atoms with Gasteiger partial charge in [0.15, 0.2) is 0 Å². The van der Waals surface area contributed by atoms with E-state index in [-0.39, 0.29) is 16.9 Å². The summed E-state index contributed by atoms with van der Waals surface area (Å²) in [5.41, 5.74) is 1.41. The number of H-pyrrole nitrogens is 1. The summed E-state index contributed by atoms with van der Waals surface area (Å²) in [5.74, 6) is 0. The van der Waals surface area contributed by atoms with Crippen LogP contribution in [0.25, 0.3) is 10.9 Å². The van der Waals surface area contributed by atoms with Crippen LogP contribution >= 0.6 is 0 Å². The second-order valence-electron chi connectivity index (χ2n) is 4.81. The molecule has 3 aromatic rings. The number of nitrogens with two attached hydrogens (primary N) is 1. The van der Waals surface area contributed by atoms with Gasteiger partial charge in [0.2, 0.25) is 10.0 Å². The lowest BCUT2D eigenvalue weighted by atomic mass is 10.2. The molecule has 24 heavy (non-hydrogen) atoms. The van der Waals surface area contributed by atoms with Crippen LogP contribution in [-0.4, -0.2) is 24.7 Å². The van der Waals surface area contributed by atoms with Gasteiger partial charge < -0.3 is 9.78 Å². The van der Waals surface area contributed by atoms with Gasteiger partial charge in [-0.2, -0.15) is 0 Å². The minimum atomic E-state index is -3.62. The molecule has 0 amide bonds. The molecule has 7 nitrogen and oxygen atoms in total. The van der Waals surface area contributed by atoms with E-state index < -0.39 is 10.0 Å². The van der Waals surface area contributed by atoms with Gasteiger partial charge in [0.05, 0.1) is 22.1 Å². The summed E-state index contributed by atoms with van der Waals surface area (Å²) in [4.78, 5) is 27.7. The monoisotopic (exact) mass is 345 g/mol. The Hall–Kier alpha value is -2.84. The van der Waals surface area contributed by atoms with Crippen LogP contribution in [0.15, 0.2) is 64.5 Å². The maximum atomic E-state index is 11.1. The normalized spacial score (nSPS) is 10.7. The maximum absolute atomic E-state index is 11.1. The van der Waals surface area contributed by atoms with Crippen LogP contribution in [-0.2, 0) is 21.2 Å². The van der Waals surface area contributed by atoms with Crippen LogP contribution in [0.3, 0.4) is 0 Å². The Kier molecular flexibility index (Phi) is 5.56. The maximum Gasteiger partial charge on any atom is 0.258 e. The highest BCUT2D eigenvalue weighted by atomic mass is 32.2. The van der Waals surface area contributed by atoms with Crippen molar-refractivity contribution in [1.29, 1.82) is 0 Å². The Morgan fingerprint density at radius 3 is 2.33 bits per heavy atom. The molecule has 2 aromatic carbocycles. The quantitative estimate of drug-likeness (QED) is 0.686. The van der Waals surface area contributed by atoms with Crippen molar-refractivity contribution < 1.29 is 13.2 Å². The van der Waals surface area contributed by atoms with Crippen molar-refractivity contribution in [3.63, 3.8) is 0 Å². The van der Waals surface area contributed by atoms with Gasteiger partial charge in [-0.05, 0) is 29.8 Å². The standard InChI is InChI=1S/C8H6N2O.C8H9NO3S/c11-8-6-3-1-2-4-7(6)9-5-10-8;9-13(11,12)8-3-1-7(2-4-8)5-6-10/h1-5H,(H,9,10,11);1-4,6H,5H2,(H2,9,11,12). The summed E-state index contributed by atoms with van der Waals surface area (Å²) >= 11 is 0. The number of hydrogen-bond donors (Lipinski definition) is 2. The average molecular weight is 345 g/mol. The molecule has 0 atom stereocenters. The van der Waals surface area contributed by atoms with E-state index in [2.05, 4.69) is 9.97 Å². The molecule has 0 unspecified atom stereocenters. The highest BCUT2D eigenvalue weighted by Crippen LogP contribution is 2.08. The molecule has 3 rings (SSSR count). The molecule has 0 radical (unpaired) electrons. The van der Waals surface area contributed by atoms with Gasteiger partial charge in [-0.15, -0.1) is 0 Å². The summed E-state index contributed by atoms with van der Waals surface area (Å²) < 4.78 is 21.6. The van der Waals surface area contributed by atoms with E-state index in [9.17, 15) is 18.0 Å². The predicted octanol–water partition coefficient (Wildman–Crippen LogP) is 0.998. The lowest BCUT2D eigenvalue weighted by Crippen LogP contribution is -2.11. The SMILES string of the molecule is NS(=O)(=O)c1ccc(CC=O)cc1.O=c1[nH]cnc2ccccc12. The minimum absolute atomic E-state index is 0.0575. The number of fused-ring (bicyclic) bond motifs is 1. The first-order chi connectivity index (χ1) is 11.4. The molecule has 0 saturated carbocycles. The van der Waals surface area contributed by atoms with Crippen molar-refractivity contribution in [3.8, 4) is 0 Å². The van der Waals surface area contributed by atoms with Crippen LogP contribution in [0.1, 0.15) is 5.56 Å². The Bertz CT molecular complexity index is 990. The Balaban J connectivity index is 0.000000175. The van der Waals surface area contributed by atoms with Crippen LogP contribution in [0, 0.1) is 0 Å². The fraction of sp³-hybridized carbons (Fsp3) is 0.0625. The van der Waals surface area contributed by atoms with E-state index in [0.717, 1.165) is 17.4 Å². The number of hydrogen-bond acceptors (Lipinski definition) is 5.